The maximum absolute atomic E-state index is 13.1. The van der Waals surface area contributed by atoms with Crippen LogP contribution in [0, 0.1) is 0 Å². The molecule has 0 aromatic heterocycles. The van der Waals surface area contributed by atoms with Gasteiger partial charge in [0.15, 0.2) is 0 Å². The number of piperidine rings is 1. The summed E-state index contributed by atoms with van der Waals surface area (Å²) in [5.74, 6) is -0.391. The van der Waals surface area contributed by atoms with E-state index in [-0.39, 0.29) is 23.1 Å². The van der Waals surface area contributed by atoms with E-state index in [9.17, 15) is 18.0 Å². The van der Waals surface area contributed by atoms with Crippen LogP contribution < -0.4 is 15.5 Å². The van der Waals surface area contributed by atoms with E-state index in [4.69, 9.17) is 0 Å². The van der Waals surface area contributed by atoms with Crippen LogP contribution in [0.4, 0.5) is 17.1 Å². The summed E-state index contributed by atoms with van der Waals surface area (Å²) in [7, 11) is -3.65. The molecule has 0 radical (unpaired) electrons. The summed E-state index contributed by atoms with van der Waals surface area (Å²) in [6.07, 6.45) is 3.43. The first-order valence-corrected chi connectivity index (χ1v) is 13.2. The van der Waals surface area contributed by atoms with Gasteiger partial charge in [-0.25, -0.2) is 8.42 Å². The molecule has 2 aromatic carbocycles. The van der Waals surface area contributed by atoms with Crippen molar-refractivity contribution in [3.8, 4) is 0 Å². The number of carbonyl (C=O) groups is 2. The summed E-state index contributed by atoms with van der Waals surface area (Å²) in [6, 6.07) is 12.1. The van der Waals surface area contributed by atoms with Crippen molar-refractivity contribution in [2.24, 2.45) is 0 Å². The first-order valence-electron chi connectivity index (χ1n) is 11.8. The normalized spacial score (nSPS) is 14.2. The van der Waals surface area contributed by atoms with Gasteiger partial charge in [-0.15, -0.1) is 0 Å². The van der Waals surface area contributed by atoms with E-state index >= 15 is 0 Å². The Morgan fingerprint density at radius 1 is 0.941 bits per heavy atom. The predicted octanol–water partition coefficient (Wildman–Crippen LogP) is 3.85. The Morgan fingerprint density at radius 2 is 1.59 bits per heavy atom. The summed E-state index contributed by atoms with van der Waals surface area (Å²) in [6.45, 7) is 7.55. The van der Waals surface area contributed by atoms with Crippen LogP contribution in [-0.2, 0) is 26.0 Å². The van der Waals surface area contributed by atoms with Crippen LogP contribution in [0.25, 0.3) is 0 Å². The molecule has 1 aliphatic rings. The van der Waals surface area contributed by atoms with E-state index in [2.05, 4.69) is 15.5 Å². The number of nitrogens with one attached hydrogen (secondary N) is 2. The van der Waals surface area contributed by atoms with Gasteiger partial charge >= 0.3 is 0 Å². The summed E-state index contributed by atoms with van der Waals surface area (Å²) in [5.41, 5.74) is 2.80. The maximum atomic E-state index is 13.1. The van der Waals surface area contributed by atoms with E-state index in [0.717, 1.165) is 37.2 Å². The Kier molecular flexibility index (Phi) is 8.68. The highest BCUT2D eigenvalue weighted by Gasteiger charge is 2.24. The third-order valence-electron chi connectivity index (χ3n) is 5.92. The second-order valence-corrected chi connectivity index (χ2v) is 10.4. The Bertz CT molecular complexity index is 1110. The van der Waals surface area contributed by atoms with Crippen LogP contribution in [0.1, 0.15) is 45.6 Å². The van der Waals surface area contributed by atoms with E-state index in [1.165, 1.54) is 17.6 Å². The molecule has 184 valence electrons. The molecule has 1 fully saturated rings. The van der Waals surface area contributed by atoms with Gasteiger partial charge in [0.05, 0.1) is 22.7 Å². The van der Waals surface area contributed by atoms with E-state index < -0.39 is 10.0 Å². The van der Waals surface area contributed by atoms with Gasteiger partial charge in [-0.1, -0.05) is 26.0 Å². The molecule has 0 saturated carbocycles. The number of sulfonamides is 1. The number of hydrogen-bond donors (Lipinski definition) is 2. The smallest absolute Gasteiger partial charge is 0.243 e. The lowest BCUT2D eigenvalue weighted by molar-refractivity contribution is -0.116. The van der Waals surface area contributed by atoms with Crippen molar-refractivity contribution in [3.05, 3.63) is 48.0 Å². The highest BCUT2D eigenvalue weighted by Crippen LogP contribution is 2.32. The molecule has 0 unspecified atom stereocenters. The molecule has 8 nitrogen and oxygen atoms in total. The fraction of sp³-hybridized carbons (Fsp3) is 0.440. The standard InChI is InChI=1S/C25H34N4O4S/c1-4-29(5-2)34(32,33)22-13-14-24(28-15-7-6-8-16-28)23(18-22)27-25(31)17-20-9-11-21(12-10-20)26-19(3)30/h9-14,18H,4-8,15-17H2,1-3H3,(H,26,30)(H,27,31). The van der Waals surface area contributed by atoms with Crippen LogP contribution in [-0.4, -0.2) is 50.7 Å². The largest absolute Gasteiger partial charge is 0.370 e. The Hall–Kier alpha value is -2.91. The first kappa shape index (κ1) is 25.7. The van der Waals surface area contributed by atoms with Crippen LogP contribution in [0.3, 0.4) is 0 Å². The molecule has 0 spiro atoms. The van der Waals surface area contributed by atoms with Crippen LogP contribution in [0.5, 0.6) is 0 Å². The third-order valence-corrected chi connectivity index (χ3v) is 7.97. The zero-order valence-electron chi connectivity index (χ0n) is 20.1. The summed E-state index contributed by atoms with van der Waals surface area (Å²) in [5, 5.41) is 5.66. The van der Waals surface area contributed by atoms with Crippen LogP contribution in [0.15, 0.2) is 47.4 Å². The van der Waals surface area contributed by atoms with Crippen LogP contribution >= 0.6 is 0 Å². The van der Waals surface area contributed by atoms with Crippen LogP contribution in [0.2, 0.25) is 0 Å². The van der Waals surface area contributed by atoms with Gasteiger partial charge in [0.2, 0.25) is 21.8 Å². The number of amides is 2. The quantitative estimate of drug-likeness (QED) is 0.561. The topological polar surface area (TPSA) is 98.8 Å². The van der Waals surface area contributed by atoms with Gasteiger partial charge in [0.25, 0.3) is 0 Å². The SMILES string of the molecule is CCN(CC)S(=O)(=O)c1ccc(N2CCCCC2)c(NC(=O)Cc2ccc(NC(C)=O)cc2)c1. The number of hydrogen-bond acceptors (Lipinski definition) is 5. The predicted molar refractivity (Wildman–Crippen MR) is 136 cm³/mol. The molecule has 9 heteroatoms. The van der Waals surface area contributed by atoms with Crippen molar-refractivity contribution in [1.82, 2.24) is 4.31 Å². The lowest BCUT2D eigenvalue weighted by Crippen LogP contribution is -2.32. The van der Waals surface area contributed by atoms with Gasteiger partial charge in [-0.2, -0.15) is 4.31 Å². The summed E-state index contributed by atoms with van der Waals surface area (Å²) >= 11 is 0. The van der Waals surface area contributed by atoms with E-state index in [0.29, 0.717) is 24.5 Å². The van der Waals surface area contributed by atoms with Crippen molar-refractivity contribution >= 4 is 38.9 Å². The third kappa shape index (κ3) is 6.36. The molecule has 0 bridgehead atoms. The minimum atomic E-state index is -3.65. The zero-order valence-corrected chi connectivity index (χ0v) is 21.0. The zero-order chi connectivity index (χ0) is 24.7. The molecule has 2 aromatic rings. The minimum absolute atomic E-state index is 0.132. The number of anilines is 3. The average molecular weight is 487 g/mol. The Morgan fingerprint density at radius 3 is 2.18 bits per heavy atom. The van der Waals surface area contributed by atoms with Crippen molar-refractivity contribution < 1.29 is 18.0 Å². The van der Waals surface area contributed by atoms with Crippen molar-refractivity contribution in [2.75, 3.05) is 41.7 Å². The van der Waals surface area contributed by atoms with Gasteiger partial charge in [0, 0.05) is 38.8 Å². The fourth-order valence-electron chi connectivity index (χ4n) is 4.19. The molecule has 0 atom stereocenters. The summed E-state index contributed by atoms with van der Waals surface area (Å²) < 4.78 is 27.6. The van der Waals surface area contributed by atoms with Crippen molar-refractivity contribution in [1.29, 1.82) is 0 Å². The summed E-state index contributed by atoms with van der Waals surface area (Å²) in [4.78, 5) is 26.5. The molecule has 0 aliphatic carbocycles. The molecule has 1 heterocycles. The lowest BCUT2D eigenvalue weighted by atomic mass is 10.1. The minimum Gasteiger partial charge on any atom is -0.370 e. The molecule has 2 N–H and O–H groups in total. The van der Waals surface area contributed by atoms with Gasteiger partial charge < -0.3 is 15.5 Å². The number of nitrogens with zero attached hydrogens (tertiary/aromatic N) is 2. The molecular formula is C25H34N4O4S. The second kappa shape index (κ2) is 11.5. The molecule has 1 saturated heterocycles. The molecule has 3 rings (SSSR count). The Balaban J connectivity index is 1.86. The molecule has 2 amide bonds. The highest BCUT2D eigenvalue weighted by molar-refractivity contribution is 7.89. The number of benzene rings is 2. The van der Waals surface area contributed by atoms with Gasteiger partial charge in [-0.3, -0.25) is 9.59 Å². The van der Waals surface area contributed by atoms with Gasteiger partial charge in [-0.05, 0) is 55.2 Å². The molecule has 34 heavy (non-hydrogen) atoms. The maximum Gasteiger partial charge on any atom is 0.243 e. The Labute approximate surface area is 202 Å². The molecule has 1 aliphatic heterocycles. The monoisotopic (exact) mass is 486 g/mol. The van der Waals surface area contributed by atoms with Gasteiger partial charge in [0.1, 0.15) is 0 Å². The number of carbonyl (C=O) groups excluding carboxylic acids is 2. The molecular weight excluding hydrogens is 452 g/mol. The first-order chi connectivity index (χ1) is 16.2. The van der Waals surface area contributed by atoms with Crippen molar-refractivity contribution in [3.63, 3.8) is 0 Å². The fourth-order valence-corrected chi connectivity index (χ4v) is 5.67. The average Bonchev–Trinajstić information content (AvgIpc) is 2.81. The van der Waals surface area contributed by atoms with E-state index in [1.54, 1.807) is 42.5 Å². The van der Waals surface area contributed by atoms with E-state index in [1.807, 2.05) is 13.8 Å². The second-order valence-electron chi connectivity index (χ2n) is 8.42. The highest BCUT2D eigenvalue weighted by atomic mass is 32.2. The number of rotatable bonds is 9. The lowest BCUT2D eigenvalue weighted by Gasteiger charge is -2.31. The van der Waals surface area contributed by atoms with Crippen molar-refractivity contribution in [2.45, 2.75) is 51.3 Å².